The molecule has 2 fully saturated rings. The number of aromatic nitrogens is 2. The van der Waals surface area contributed by atoms with Crippen LogP contribution < -0.4 is 11.1 Å². The number of carboxylic acids is 1. The molecule has 0 radical (unpaired) electrons. The van der Waals surface area contributed by atoms with E-state index in [0.29, 0.717) is 17.1 Å². The molecule has 5 heterocycles. The minimum absolute atomic E-state index is 0.0292. The van der Waals surface area contributed by atoms with Gasteiger partial charge < -0.3 is 21.0 Å². The van der Waals surface area contributed by atoms with Gasteiger partial charge in [0.15, 0.2) is 10.8 Å². The van der Waals surface area contributed by atoms with Gasteiger partial charge in [0.1, 0.15) is 28.9 Å². The number of nitrogens with zero attached hydrogens (tertiary/aromatic N) is 4. The van der Waals surface area contributed by atoms with E-state index in [9.17, 15) is 19.5 Å². The topological polar surface area (TPSA) is 160 Å². The summed E-state index contributed by atoms with van der Waals surface area (Å²) in [5, 5.41) is 19.8. The van der Waals surface area contributed by atoms with Gasteiger partial charge in [0.2, 0.25) is 0 Å². The molecule has 2 atom stereocenters. The molecule has 1 unspecified atom stereocenters. The first-order chi connectivity index (χ1) is 18.4. The maximum absolute atomic E-state index is 13.1. The van der Waals surface area contributed by atoms with Crippen molar-refractivity contribution in [2.75, 3.05) is 28.7 Å². The Labute approximate surface area is 234 Å². The zero-order valence-corrected chi connectivity index (χ0v) is 22.9. The monoisotopic (exact) mass is 590 g/mol. The minimum Gasteiger partial charge on any atom is -0.477 e. The Balaban J connectivity index is 1.26. The number of hydrogen-bond acceptors (Lipinski definition) is 12. The number of amides is 2. The summed E-state index contributed by atoms with van der Waals surface area (Å²) in [6, 6.07) is 2.85. The fraction of sp³-hybridized carbons (Fsp3) is 0.304. The molecule has 3 aliphatic heterocycles. The molecular formula is C23H22N6O5S4. The molecule has 4 N–H and O–H groups in total. The van der Waals surface area contributed by atoms with E-state index >= 15 is 0 Å². The maximum Gasteiger partial charge on any atom is 0.352 e. The van der Waals surface area contributed by atoms with E-state index < -0.39 is 29.2 Å². The summed E-state index contributed by atoms with van der Waals surface area (Å²) in [6.45, 7) is 0. The molecule has 198 valence electrons. The predicted molar refractivity (Wildman–Crippen MR) is 151 cm³/mol. The van der Waals surface area contributed by atoms with E-state index in [1.54, 1.807) is 29.5 Å². The van der Waals surface area contributed by atoms with Crippen molar-refractivity contribution in [3.8, 4) is 0 Å². The molecule has 11 nitrogen and oxygen atoms in total. The Morgan fingerprint density at radius 3 is 2.89 bits per heavy atom. The molecule has 38 heavy (non-hydrogen) atoms. The van der Waals surface area contributed by atoms with E-state index in [1.165, 1.54) is 28.4 Å². The molecule has 0 bridgehead atoms. The number of anilines is 1. The largest absolute Gasteiger partial charge is 0.477 e. The van der Waals surface area contributed by atoms with E-state index in [4.69, 9.17) is 10.6 Å². The van der Waals surface area contributed by atoms with Crippen LogP contribution in [0.1, 0.15) is 11.3 Å². The number of carboxylic acid groups (broad SMARTS) is 1. The zero-order chi connectivity index (χ0) is 26.6. The zero-order valence-electron chi connectivity index (χ0n) is 19.7. The Bertz CT molecular complexity index is 1330. The Kier molecular flexibility index (Phi) is 8.26. The van der Waals surface area contributed by atoms with E-state index in [1.807, 2.05) is 23.6 Å². The van der Waals surface area contributed by atoms with E-state index in [-0.39, 0.29) is 28.3 Å². The lowest BCUT2D eigenvalue weighted by atomic mass is 10.0. The van der Waals surface area contributed by atoms with Crippen LogP contribution in [0.2, 0.25) is 0 Å². The number of carbonyl (C=O) groups excluding carboxylic acids is 2. The number of thioether (sulfide) groups is 3. The summed E-state index contributed by atoms with van der Waals surface area (Å²) in [5.74, 6) is 0.0817. The molecule has 15 heteroatoms. The van der Waals surface area contributed by atoms with Crippen LogP contribution in [0.15, 0.2) is 51.7 Å². The second-order valence-electron chi connectivity index (χ2n) is 8.29. The average molecular weight is 591 g/mol. The normalized spacial score (nSPS) is 21.6. The van der Waals surface area contributed by atoms with Crippen LogP contribution in [-0.2, 0) is 19.2 Å². The summed E-state index contributed by atoms with van der Waals surface area (Å²) < 4.78 is 0. The highest BCUT2D eigenvalue weighted by Gasteiger charge is 2.54. The number of thiazole rings is 1. The Hall–Kier alpha value is -3.01. The van der Waals surface area contributed by atoms with E-state index in [0.717, 1.165) is 28.4 Å². The van der Waals surface area contributed by atoms with Crippen molar-refractivity contribution in [1.29, 1.82) is 0 Å². The number of hydrogen-bond donors (Lipinski definition) is 3. The van der Waals surface area contributed by atoms with Crippen molar-refractivity contribution in [3.63, 3.8) is 0 Å². The van der Waals surface area contributed by atoms with Crippen molar-refractivity contribution in [3.05, 3.63) is 57.8 Å². The van der Waals surface area contributed by atoms with Gasteiger partial charge in [-0.3, -0.25) is 19.5 Å². The highest BCUT2D eigenvalue weighted by Crippen LogP contribution is 2.41. The lowest BCUT2D eigenvalue weighted by Gasteiger charge is -2.49. The summed E-state index contributed by atoms with van der Waals surface area (Å²) in [5.41, 5.74) is 7.45. The second-order valence-corrected chi connectivity index (χ2v) is 12.3. The summed E-state index contributed by atoms with van der Waals surface area (Å²) in [4.78, 5) is 53.2. The number of aliphatic carboxylic acids is 1. The van der Waals surface area contributed by atoms with Crippen molar-refractivity contribution in [1.82, 2.24) is 20.2 Å². The van der Waals surface area contributed by atoms with Gasteiger partial charge in [-0.05, 0) is 28.7 Å². The number of nitrogens with one attached hydrogen (secondary N) is 1. The number of carbonyl (C=O) groups is 3. The molecule has 2 aromatic rings. The molecule has 0 aromatic carbocycles. The quantitative estimate of drug-likeness (QED) is 0.211. The number of nitrogen functional groups attached to an aromatic ring is 1. The van der Waals surface area contributed by atoms with Crippen LogP contribution >= 0.6 is 46.6 Å². The first-order valence-corrected chi connectivity index (χ1v) is 15.5. The van der Waals surface area contributed by atoms with Gasteiger partial charge in [0.25, 0.3) is 11.8 Å². The summed E-state index contributed by atoms with van der Waals surface area (Å²) >= 11 is 5.71. The third kappa shape index (κ3) is 5.70. The Morgan fingerprint density at radius 2 is 2.24 bits per heavy atom. The summed E-state index contributed by atoms with van der Waals surface area (Å²) in [7, 11) is 0. The van der Waals surface area contributed by atoms with Crippen molar-refractivity contribution in [2.24, 2.45) is 5.16 Å². The van der Waals surface area contributed by atoms with Gasteiger partial charge in [-0.1, -0.05) is 11.2 Å². The highest BCUT2D eigenvalue weighted by atomic mass is 32.2. The molecular weight excluding hydrogens is 569 g/mol. The van der Waals surface area contributed by atoms with Gasteiger partial charge in [0, 0.05) is 40.8 Å². The first kappa shape index (κ1) is 26.6. The molecule has 2 aromatic heterocycles. The minimum atomic E-state index is -1.17. The van der Waals surface area contributed by atoms with Crippen molar-refractivity contribution >= 4 is 81.3 Å². The van der Waals surface area contributed by atoms with Crippen LogP contribution in [0.3, 0.4) is 0 Å². The second kappa shape index (κ2) is 11.8. The van der Waals surface area contributed by atoms with Crippen LogP contribution in [0, 0.1) is 0 Å². The van der Waals surface area contributed by atoms with Crippen LogP contribution in [-0.4, -0.2) is 84.0 Å². The number of oxime groups is 1. The average Bonchev–Trinajstić information content (AvgIpc) is 3.32. The molecule has 5 rings (SSSR count). The summed E-state index contributed by atoms with van der Waals surface area (Å²) in [6.07, 6.45) is 5.22. The number of nitrogens with two attached hydrogens (primary N) is 1. The number of β-lactam (4-membered cyclic amide) rings is 1. The number of pyridine rings is 1. The van der Waals surface area contributed by atoms with Crippen LogP contribution in [0.5, 0.6) is 0 Å². The highest BCUT2D eigenvalue weighted by molar-refractivity contribution is 8.02. The van der Waals surface area contributed by atoms with Crippen molar-refractivity contribution < 1.29 is 24.3 Å². The molecule has 0 spiro atoms. The third-order valence-electron chi connectivity index (χ3n) is 5.72. The number of rotatable bonds is 10. The van der Waals surface area contributed by atoms with Crippen molar-refractivity contribution in [2.45, 2.75) is 17.5 Å². The molecule has 0 aliphatic carbocycles. The van der Waals surface area contributed by atoms with Gasteiger partial charge in [-0.15, -0.1) is 34.9 Å². The number of fused-ring (bicyclic) bond motifs is 1. The fourth-order valence-electron chi connectivity index (χ4n) is 3.76. The lowest BCUT2D eigenvalue weighted by molar-refractivity contribution is -0.150. The van der Waals surface area contributed by atoms with Gasteiger partial charge in [-0.2, -0.15) is 11.8 Å². The smallest absolute Gasteiger partial charge is 0.352 e. The van der Waals surface area contributed by atoms with Gasteiger partial charge in [-0.25, -0.2) is 9.78 Å². The van der Waals surface area contributed by atoms with Crippen LogP contribution in [0.4, 0.5) is 5.13 Å². The molecule has 2 saturated heterocycles. The van der Waals surface area contributed by atoms with Crippen LogP contribution in [0.25, 0.3) is 6.08 Å². The fourth-order valence-corrected chi connectivity index (χ4v) is 7.12. The maximum atomic E-state index is 13.1. The molecule has 0 saturated carbocycles. The molecule has 2 amide bonds. The first-order valence-electron chi connectivity index (χ1n) is 11.3. The Morgan fingerprint density at radius 1 is 1.39 bits per heavy atom. The van der Waals surface area contributed by atoms with E-state index in [2.05, 4.69) is 20.4 Å². The predicted octanol–water partition coefficient (Wildman–Crippen LogP) is 2.10. The molecule has 3 aliphatic rings. The standard InChI is InChI=1S/C23H22N6O5S4/c24-23-26-15(11-38-23)16(28-34-14-9-36-10-14)19(30)27-17-20(31)29-18(22(32)33)13(8-37-21(17)29)7-35-5-3-12-2-1-4-25-6-12/h1-6,11,14,17,21H,7-10H2,(H2,24,26)(H,27,30)(H,32,33)/b5-3-,28-16+/t17?,21-/m1/s1. The lowest BCUT2D eigenvalue weighted by Crippen LogP contribution is -2.71. The SMILES string of the molecule is Nc1nc(/C(=N\OC2CSC2)C(=O)NC2C(=O)N3C(C(=O)O)=C(CS/C=C\c4cccnc4)CS[C@H]23)cs1. The van der Waals surface area contributed by atoms with Gasteiger partial charge in [0.05, 0.1) is 0 Å². The third-order valence-corrected chi connectivity index (χ3v) is 9.79. The van der Waals surface area contributed by atoms with Gasteiger partial charge >= 0.3 is 5.97 Å².